The van der Waals surface area contributed by atoms with Gasteiger partial charge in [-0.05, 0) is 42.7 Å². The van der Waals surface area contributed by atoms with Crippen LogP contribution in [0.2, 0.25) is 0 Å². The zero-order chi connectivity index (χ0) is 20.8. The van der Waals surface area contributed by atoms with Crippen LogP contribution in [0.1, 0.15) is 35.7 Å². The Labute approximate surface area is 168 Å². The van der Waals surface area contributed by atoms with Gasteiger partial charge < -0.3 is 19.5 Å². The molecule has 1 aliphatic heterocycles. The number of ketones is 1. The SMILES string of the molecule is CCc1ccccc1OCC(=O)c1ccc2c(c1)N(CCCC(=O)O)C(=O)CO2. The summed E-state index contributed by atoms with van der Waals surface area (Å²) in [5.41, 5.74) is 1.90. The Morgan fingerprint density at radius 1 is 1.21 bits per heavy atom. The molecule has 1 N–H and O–H groups in total. The first-order valence-corrected chi connectivity index (χ1v) is 9.52. The number of fused-ring (bicyclic) bond motifs is 1. The number of aliphatic carboxylic acids is 1. The summed E-state index contributed by atoms with van der Waals surface area (Å²) in [6.45, 7) is 2.04. The molecule has 0 bridgehead atoms. The van der Waals surface area contributed by atoms with E-state index < -0.39 is 5.97 Å². The molecule has 0 unspecified atom stereocenters. The second kappa shape index (κ2) is 9.23. The number of anilines is 1. The number of benzene rings is 2. The van der Waals surface area contributed by atoms with E-state index in [0.717, 1.165) is 12.0 Å². The molecule has 0 atom stereocenters. The minimum atomic E-state index is -0.917. The first-order chi connectivity index (χ1) is 14.0. The number of carboxylic acids is 1. The number of carbonyl (C=O) groups is 3. The number of carbonyl (C=O) groups excluding carboxylic acids is 2. The van der Waals surface area contributed by atoms with Gasteiger partial charge in [-0.1, -0.05) is 25.1 Å². The van der Waals surface area contributed by atoms with Crippen molar-refractivity contribution in [2.24, 2.45) is 0 Å². The first-order valence-electron chi connectivity index (χ1n) is 9.52. The van der Waals surface area contributed by atoms with Crippen LogP contribution >= 0.6 is 0 Å². The van der Waals surface area contributed by atoms with Gasteiger partial charge in [0.25, 0.3) is 5.91 Å². The summed E-state index contributed by atoms with van der Waals surface area (Å²) >= 11 is 0. The van der Waals surface area contributed by atoms with Crippen molar-refractivity contribution >= 4 is 23.3 Å². The van der Waals surface area contributed by atoms with Crippen molar-refractivity contribution in [1.29, 1.82) is 0 Å². The summed E-state index contributed by atoms with van der Waals surface area (Å²) in [5.74, 6) is -0.231. The van der Waals surface area contributed by atoms with Gasteiger partial charge in [-0.2, -0.15) is 0 Å². The maximum atomic E-state index is 12.6. The molecule has 152 valence electrons. The third-order valence-corrected chi connectivity index (χ3v) is 4.71. The van der Waals surface area contributed by atoms with E-state index in [2.05, 4.69) is 0 Å². The van der Waals surface area contributed by atoms with Crippen LogP contribution < -0.4 is 14.4 Å². The Balaban J connectivity index is 1.74. The van der Waals surface area contributed by atoms with Crippen molar-refractivity contribution in [1.82, 2.24) is 0 Å². The highest BCUT2D eigenvalue weighted by molar-refractivity contribution is 6.02. The maximum Gasteiger partial charge on any atom is 0.303 e. The topological polar surface area (TPSA) is 93.1 Å². The molecule has 0 radical (unpaired) electrons. The molecule has 0 spiro atoms. The number of para-hydroxylation sites is 1. The van der Waals surface area contributed by atoms with E-state index in [1.165, 1.54) is 4.90 Å². The summed E-state index contributed by atoms with van der Waals surface area (Å²) < 4.78 is 11.1. The number of hydrogen-bond donors (Lipinski definition) is 1. The third-order valence-electron chi connectivity index (χ3n) is 4.71. The van der Waals surface area contributed by atoms with E-state index in [1.54, 1.807) is 18.2 Å². The second-order valence-corrected chi connectivity index (χ2v) is 6.69. The van der Waals surface area contributed by atoms with Crippen molar-refractivity contribution in [3.05, 3.63) is 53.6 Å². The largest absolute Gasteiger partial charge is 0.485 e. The number of rotatable bonds is 9. The molecule has 0 aromatic heterocycles. The van der Waals surface area contributed by atoms with Gasteiger partial charge in [0, 0.05) is 18.5 Å². The van der Waals surface area contributed by atoms with E-state index in [4.69, 9.17) is 14.6 Å². The van der Waals surface area contributed by atoms with Gasteiger partial charge in [0.1, 0.15) is 11.5 Å². The fourth-order valence-corrected chi connectivity index (χ4v) is 3.17. The number of ether oxygens (including phenoxy) is 2. The third kappa shape index (κ3) is 4.93. The van der Waals surface area contributed by atoms with E-state index in [9.17, 15) is 14.4 Å². The predicted octanol–water partition coefficient (Wildman–Crippen LogP) is 3.10. The summed E-state index contributed by atoms with van der Waals surface area (Å²) in [5, 5.41) is 8.82. The van der Waals surface area contributed by atoms with Crippen LogP contribution in [-0.2, 0) is 16.0 Å². The Morgan fingerprint density at radius 2 is 2.00 bits per heavy atom. The highest BCUT2D eigenvalue weighted by atomic mass is 16.5. The molecule has 1 heterocycles. The molecule has 0 aliphatic carbocycles. The lowest BCUT2D eigenvalue weighted by atomic mass is 10.1. The van der Waals surface area contributed by atoms with Gasteiger partial charge in [0.05, 0.1) is 5.69 Å². The van der Waals surface area contributed by atoms with Gasteiger partial charge in [-0.3, -0.25) is 14.4 Å². The lowest BCUT2D eigenvalue weighted by Crippen LogP contribution is -2.39. The normalized spacial score (nSPS) is 12.9. The molecule has 7 heteroatoms. The minimum Gasteiger partial charge on any atom is -0.485 e. The standard InChI is InChI=1S/C22H23NO6/c1-2-15-6-3-4-7-19(15)28-13-18(24)16-9-10-20-17(12-16)23(21(25)14-29-20)11-5-8-22(26)27/h3-4,6-7,9-10,12H,2,5,8,11,13-14H2,1H3,(H,26,27). The van der Waals surface area contributed by atoms with Crippen molar-refractivity contribution < 1.29 is 29.0 Å². The molecule has 29 heavy (non-hydrogen) atoms. The molecule has 1 amide bonds. The predicted molar refractivity (Wildman–Crippen MR) is 107 cm³/mol. The van der Waals surface area contributed by atoms with Crippen LogP contribution in [0.4, 0.5) is 5.69 Å². The highest BCUT2D eigenvalue weighted by Gasteiger charge is 2.26. The van der Waals surface area contributed by atoms with Crippen LogP contribution in [0.5, 0.6) is 11.5 Å². The zero-order valence-electron chi connectivity index (χ0n) is 16.2. The number of Topliss-reactive ketones (excluding diaryl/α,β-unsaturated/α-hetero) is 1. The van der Waals surface area contributed by atoms with Crippen LogP contribution in [0.15, 0.2) is 42.5 Å². The Kier molecular flexibility index (Phi) is 6.49. The fraction of sp³-hybridized carbons (Fsp3) is 0.318. The monoisotopic (exact) mass is 397 g/mol. The van der Waals surface area contributed by atoms with Crippen LogP contribution in [0.3, 0.4) is 0 Å². The lowest BCUT2D eigenvalue weighted by molar-refractivity contribution is -0.137. The number of aryl methyl sites for hydroxylation is 1. The number of carboxylic acid groups (broad SMARTS) is 1. The van der Waals surface area contributed by atoms with Gasteiger partial charge in [0.2, 0.25) is 0 Å². The molecule has 0 saturated carbocycles. The number of nitrogens with zero attached hydrogens (tertiary/aromatic N) is 1. The van der Waals surface area contributed by atoms with Gasteiger partial charge in [-0.25, -0.2) is 0 Å². The second-order valence-electron chi connectivity index (χ2n) is 6.69. The smallest absolute Gasteiger partial charge is 0.303 e. The summed E-state index contributed by atoms with van der Waals surface area (Å²) in [4.78, 5) is 37.1. The highest BCUT2D eigenvalue weighted by Crippen LogP contribution is 2.33. The molecule has 3 rings (SSSR count). The Hall–Kier alpha value is -3.35. The van der Waals surface area contributed by atoms with Crippen molar-refractivity contribution in [2.45, 2.75) is 26.2 Å². The van der Waals surface area contributed by atoms with Gasteiger partial charge in [-0.15, -0.1) is 0 Å². The Morgan fingerprint density at radius 3 is 2.76 bits per heavy atom. The van der Waals surface area contributed by atoms with Crippen molar-refractivity contribution in [2.75, 3.05) is 24.7 Å². The average Bonchev–Trinajstić information content (AvgIpc) is 2.73. The van der Waals surface area contributed by atoms with Gasteiger partial charge in [0.15, 0.2) is 19.0 Å². The van der Waals surface area contributed by atoms with Crippen LogP contribution in [0.25, 0.3) is 0 Å². The molecule has 0 fully saturated rings. The van der Waals surface area contributed by atoms with Crippen LogP contribution in [-0.4, -0.2) is 42.5 Å². The number of hydrogen-bond acceptors (Lipinski definition) is 5. The molecule has 2 aromatic rings. The lowest BCUT2D eigenvalue weighted by Gasteiger charge is -2.29. The molecular formula is C22H23NO6. The zero-order valence-corrected chi connectivity index (χ0v) is 16.2. The maximum absolute atomic E-state index is 12.6. The summed E-state index contributed by atoms with van der Waals surface area (Å²) in [7, 11) is 0. The Bertz CT molecular complexity index is 923. The molecule has 7 nitrogen and oxygen atoms in total. The van der Waals surface area contributed by atoms with E-state index >= 15 is 0 Å². The molecular weight excluding hydrogens is 374 g/mol. The van der Waals surface area contributed by atoms with Crippen LogP contribution in [0, 0.1) is 0 Å². The van der Waals surface area contributed by atoms with Crippen molar-refractivity contribution in [3.63, 3.8) is 0 Å². The molecule has 2 aromatic carbocycles. The fourth-order valence-electron chi connectivity index (χ4n) is 3.17. The molecule has 1 aliphatic rings. The average molecular weight is 397 g/mol. The minimum absolute atomic E-state index is 0.0384. The quantitative estimate of drug-likeness (QED) is 0.654. The number of amides is 1. The summed E-state index contributed by atoms with van der Waals surface area (Å²) in [6.07, 6.45) is 1.08. The van der Waals surface area contributed by atoms with E-state index in [-0.39, 0.29) is 37.9 Å². The van der Waals surface area contributed by atoms with Crippen molar-refractivity contribution in [3.8, 4) is 11.5 Å². The first kappa shape index (κ1) is 20.4. The van der Waals surface area contributed by atoms with E-state index in [0.29, 0.717) is 29.2 Å². The van der Waals surface area contributed by atoms with E-state index in [1.807, 2.05) is 31.2 Å². The summed E-state index contributed by atoms with van der Waals surface area (Å²) in [6, 6.07) is 12.5. The molecule has 0 saturated heterocycles. The van der Waals surface area contributed by atoms with Gasteiger partial charge >= 0.3 is 5.97 Å².